The lowest BCUT2D eigenvalue weighted by Crippen LogP contribution is -1.97. The van der Waals surface area contributed by atoms with E-state index in [1.165, 1.54) is 5.56 Å². The minimum absolute atomic E-state index is 0.528. The lowest BCUT2D eigenvalue weighted by molar-refractivity contribution is 0.622. The number of hydrogen-bond acceptors (Lipinski definition) is 2. The summed E-state index contributed by atoms with van der Waals surface area (Å²) in [6, 6.07) is 2.08. The normalized spacial score (nSPS) is 8.54. The molecular formula is C10H17N3. The van der Waals surface area contributed by atoms with Crippen LogP contribution in [0, 0.1) is 25.2 Å². The Kier molecular flexibility index (Phi) is 5.62. The number of nitriles is 1. The molecule has 72 valence electrons. The van der Waals surface area contributed by atoms with E-state index in [9.17, 15) is 0 Å². The minimum Gasteiger partial charge on any atom is -0.271 e. The molecule has 0 radical (unpaired) electrons. The van der Waals surface area contributed by atoms with Crippen molar-refractivity contribution in [2.24, 2.45) is 0 Å². The van der Waals surface area contributed by atoms with E-state index in [1.807, 2.05) is 38.6 Å². The quantitative estimate of drug-likeness (QED) is 0.699. The molecule has 3 nitrogen and oxygen atoms in total. The maximum Gasteiger partial charge on any atom is 0.0641 e. The van der Waals surface area contributed by atoms with Gasteiger partial charge in [-0.05, 0) is 19.4 Å². The summed E-state index contributed by atoms with van der Waals surface area (Å²) < 4.78 is 1.81. The molecule has 0 unspecified atom stereocenters. The molecule has 0 fully saturated rings. The summed E-state index contributed by atoms with van der Waals surface area (Å²) in [7, 11) is 0. The van der Waals surface area contributed by atoms with Gasteiger partial charge >= 0.3 is 0 Å². The van der Waals surface area contributed by atoms with Crippen molar-refractivity contribution in [3.8, 4) is 6.07 Å². The molecule has 0 saturated carbocycles. The molecule has 0 atom stereocenters. The van der Waals surface area contributed by atoms with E-state index in [0.717, 1.165) is 5.69 Å². The molecule has 0 N–H and O–H groups in total. The number of hydrogen-bond donors (Lipinski definition) is 0. The van der Waals surface area contributed by atoms with Crippen molar-refractivity contribution in [1.29, 1.82) is 5.26 Å². The molecule has 0 saturated heterocycles. The van der Waals surface area contributed by atoms with Gasteiger partial charge in [0.2, 0.25) is 0 Å². The molecular weight excluding hydrogens is 162 g/mol. The van der Waals surface area contributed by atoms with Crippen molar-refractivity contribution in [3.05, 3.63) is 17.5 Å². The van der Waals surface area contributed by atoms with Crippen molar-refractivity contribution in [1.82, 2.24) is 9.78 Å². The summed E-state index contributed by atoms with van der Waals surface area (Å²) in [5.74, 6) is 0. The van der Waals surface area contributed by atoms with Gasteiger partial charge in [-0.25, -0.2) is 0 Å². The first kappa shape index (κ1) is 11.7. The van der Waals surface area contributed by atoms with Gasteiger partial charge in [0.25, 0.3) is 0 Å². The number of rotatable bonds is 2. The highest BCUT2D eigenvalue weighted by atomic mass is 15.3. The number of aryl methyl sites for hydroxylation is 3. The SMILES string of the molecule is CC.Cc1cn(CCC#N)nc1C. The predicted molar refractivity (Wildman–Crippen MR) is 53.3 cm³/mol. The van der Waals surface area contributed by atoms with E-state index < -0.39 is 0 Å². The van der Waals surface area contributed by atoms with Crippen LogP contribution in [0.2, 0.25) is 0 Å². The highest BCUT2D eigenvalue weighted by Crippen LogP contribution is 2.02. The zero-order chi connectivity index (χ0) is 10.3. The van der Waals surface area contributed by atoms with Gasteiger partial charge in [-0.3, -0.25) is 4.68 Å². The number of aromatic nitrogens is 2. The molecule has 0 bridgehead atoms. The van der Waals surface area contributed by atoms with Crippen LogP contribution >= 0.6 is 0 Å². The Labute approximate surface area is 80.0 Å². The van der Waals surface area contributed by atoms with Crippen LogP contribution in [0.25, 0.3) is 0 Å². The molecule has 0 amide bonds. The van der Waals surface area contributed by atoms with E-state index in [2.05, 4.69) is 11.2 Å². The first-order chi connectivity index (χ1) is 6.24. The third-order valence-electron chi connectivity index (χ3n) is 1.64. The van der Waals surface area contributed by atoms with Gasteiger partial charge in [-0.2, -0.15) is 10.4 Å². The summed E-state index contributed by atoms with van der Waals surface area (Å²) in [4.78, 5) is 0. The Balaban J connectivity index is 0.000000671. The summed E-state index contributed by atoms with van der Waals surface area (Å²) >= 11 is 0. The maximum atomic E-state index is 8.31. The molecule has 0 aromatic carbocycles. The van der Waals surface area contributed by atoms with Gasteiger partial charge < -0.3 is 0 Å². The fourth-order valence-corrected chi connectivity index (χ4v) is 0.896. The van der Waals surface area contributed by atoms with Gasteiger partial charge in [0.15, 0.2) is 0 Å². The Bertz CT molecular complexity index is 261. The molecule has 0 aliphatic rings. The van der Waals surface area contributed by atoms with Crippen molar-refractivity contribution in [3.63, 3.8) is 0 Å². The molecule has 1 aromatic heterocycles. The van der Waals surface area contributed by atoms with E-state index in [-0.39, 0.29) is 0 Å². The summed E-state index contributed by atoms with van der Waals surface area (Å²) in [5.41, 5.74) is 2.23. The maximum absolute atomic E-state index is 8.31. The fraction of sp³-hybridized carbons (Fsp3) is 0.600. The molecule has 13 heavy (non-hydrogen) atoms. The van der Waals surface area contributed by atoms with Crippen molar-refractivity contribution >= 4 is 0 Å². The molecule has 1 aromatic rings. The summed E-state index contributed by atoms with van der Waals surface area (Å²) in [6.07, 6.45) is 2.49. The largest absolute Gasteiger partial charge is 0.271 e. The van der Waals surface area contributed by atoms with Crippen LogP contribution in [-0.2, 0) is 6.54 Å². The Hall–Kier alpha value is -1.30. The standard InChI is InChI=1S/C8H11N3.C2H6/c1-7-6-11(5-3-4-9)10-8(7)2;1-2/h6H,3,5H2,1-2H3;1-2H3. The van der Waals surface area contributed by atoms with E-state index in [4.69, 9.17) is 5.26 Å². The van der Waals surface area contributed by atoms with Crippen LogP contribution < -0.4 is 0 Å². The second kappa shape index (κ2) is 6.24. The lowest BCUT2D eigenvalue weighted by atomic mass is 10.3. The fourth-order valence-electron chi connectivity index (χ4n) is 0.896. The second-order valence-corrected chi connectivity index (χ2v) is 2.57. The van der Waals surface area contributed by atoms with Crippen LogP contribution in [0.15, 0.2) is 6.20 Å². The van der Waals surface area contributed by atoms with Crippen LogP contribution in [-0.4, -0.2) is 9.78 Å². The van der Waals surface area contributed by atoms with E-state index in [0.29, 0.717) is 13.0 Å². The molecule has 3 heteroatoms. The van der Waals surface area contributed by atoms with Crippen LogP contribution in [0.4, 0.5) is 0 Å². The van der Waals surface area contributed by atoms with Crippen LogP contribution in [0.3, 0.4) is 0 Å². The minimum atomic E-state index is 0.528. The highest BCUT2D eigenvalue weighted by Gasteiger charge is 1.97. The van der Waals surface area contributed by atoms with Crippen molar-refractivity contribution in [2.45, 2.75) is 40.7 Å². The van der Waals surface area contributed by atoms with Crippen molar-refractivity contribution < 1.29 is 0 Å². The lowest BCUT2D eigenvalue weighted by Gasteiger charge is -1.92. The van der Waals surface area contributed by atoms with Crippen LogP contribution in [0.5, 0.6) is 0 Å². The zero-order valence-corrected chi connectivity index (χ0v) is 8.83. The van der Waals surface area contributed by atoms with Crippen molar-refractivity contribution in [2.75, 3.05) is 0 Å². The average Bonchev–Trinajstić information content (AvgIpc) is 2.46. The first-order valence-corrected chi connectivity index (χ1v) is 4.61. The van der Waals surface area contributed by atoms with Crippen LogP contribution in [0.1, 0.15) is 31.5 Å². The number of nitrogens with zero attached hydrogens (tertiary/aromatic N) is 3. The second-order valence-electron chi connectivity index (χ2n) is 2.57. The zero-order valence-electron chi connectivity index (χ0n) is 8.83. The van der Waals surface area contributed by atoms with Gasteiger partial charge in [0.1, 0.15) is 0 Å². The third-order valence-corrected chi connectivity index (χ3v) is 1.64. The molecule has 1 heterocycles. The molecule has 1 rings (SSSR count). The van der Waals surface area contributed by atoms with Gasteiger partial charge in [0, 0.05) is 6.20 Å². The van der Waals surface area contributed by atoms with Gasteiger partial charge in [-0.1, -0.05) is 13.8 Å². The topological polar surface area (TPSA) is 41.6 Å². The van der Waals surface area contributed by atoms with Gasteiger partial charge in [0.05, 0.1) is 24.7 Å². The first-order valence-electron chi connectivity index (χ1n) is 4.61. The molecule has 0 aliphatic heterocycles. The monoisotopic (exact) mass is 179 g/mol. The summed E-state index contributed by atoms with van der Waals surface area (Å²) in [6.45, 7) is 8.69. The predicted octanol–water partition coefficient (Wildman–Crippen LogP) is 2.44. The van der Waals surface area contributed by atoms with E-state index in [1.54, 1.807) is 0 Å². The Morgan fingerprint density at radius 3 is 2.46 bits per heavy atom. The highest BCUT2D eigenvalue weighted by molar-refractivity contribution is 5.12. The molecule has 0 spiro atoms. The third kappa shape index (κ3) is 3.75. The Morgan fingerprint density at radius 1 is 1.46 bits per heavy atom. The smallest absolute Gasteiger partial charge is 0.0641 e. The molecule has 0 aliphatic carbocycles. The van der Waals surface area contributed by atoms with E-state index >= 15 is 0 Å². The average molecular weight is 179 g/mol. The Morgan fingerprint density at radius 2 is 2.08 bits per heavy atom. The van der Waals surface area contributed by atoms with Gasteiger partial charge in [-0.15, -0.1) is 0 Å². The summed E-state index contributed by atoms with van der Waals surface area (Å²) in [5, 5.41) is 12.5.